The van der Waals surface area contributed by atoms with Gasteiger partial charge in [-0.05, 0) is 55.7 Å². The summed E-state index contributed by atoms with van der Waals surface area (Å²) in [6.07, 6.45) is 0.236. The predicted molar refractivity (Wildman–Crippen MR) is 139 cm³/mol. The quantitative estimate of drug-likeness (QED) is 0.200. The highest BCUT2D eigenvalue weighted by molar-refractivity contribution is 5.94. The Bertz CT molecular complexity index is 1140. The van der Waals surface area contributed by atoms with Crippen LogP contribution in [-0.4, -0.2) is 67.1 Å². The van der Waals surface area contributed by atoms with Gasteiger partial charge in [-0.15, -0.1) is 0 Å². The number of hydrogen-bond donors (Lipinski definition) is 6. The zero-order chi connectivity index (χ0) is 28.4. The van der Waals surface area contributed by atoms with E-state index < -0.39 is 47.8 Å². The first-order valence-electron chi connectivity index (χ1n) is 11.9. The highest BCUT2D eigenvalue weighted by atomic mass is 16.5. The molecule has 0 heterocycles. The Hall–Kier alpha value is -4.32. The molecule has 2 aromatic rings. The van der Waals surface area contributed by atoms with Gasteiger partial charge in [0, 0.05) is 6.42 Å². The summed E-state index contributed by atoms with van der Waals surface area (Å²) in [6.45, 7) is 2.88. The van der Waals surface area contributed by atoms with Gasteiger partial charge in [0.1, 0.15) is 23.9 Å². The second-order valence-corrected chi connectivity index (χ2v) is 8.79. The van der Waals surface area contributed by atoms with Gasteiger partial charge in [0.15, 0.2) is 11.5 Å². The Morgan fingerprint density at radius 3 is 1.95 bits per heavy atom. The summed E-state index contributed by atoms with van der Waals surface area (Å²) in [5.74, 6) is -1.56. The van der Waals surface area contributed by atoms with Crippen molar-refractivity contribution in [3.63, 3.8) is 0 Å². The maximum Gasteiger partial charge on any atom is 0.243 e. The first-order chi connectivity index (χ1) is 17.9. The molecule has 0 radical (unpaired) electrons. The average molecular weight is 530 g/mol. The van der Waals surface area contributed by atoms with Crippen LogP contribution in [0.1, 0.15) is 25.0 Å². The lowest BCUT2D eigenvalue weighted by Gasteiger charge is -2.23. The highest BCUT2D eigenvalue weighted by Crippen LogP contribution is 2.28. The van der Waals surface area contributed by atoms with Crippen LogP contribution in [0.2, 0.25) is 0 Å². The average Bonchev–Trinajstić information content (AvgIpc) is 2.88. The summed E-state index contributed by atoms with van der Waals surface area (Å²) < 4.78 is 10.5. The molecule has 4 amide bonds. The van der Waals surface area contributed by atoms with E-state index in [1.54, 1.807) is 30.3 Å². The van der Waals surface area contributed by atoms with Crippen LogP contribution in [0.4, 0.5) is 0 Å². The molecule has 0 aromatic heterocycles. The number of amides is 4. The van der Waals surface area contributed by atoms with E-state index in [9.17, 15) is 24.3 Å². The third kappa shape index (κ3) is 8.66. The number of methoxy groups -OCH3 is 2. The molecule has 0 aliphatic carbocycles. The van der Waals surface area contributed by atoms with Gasteiger partial charge >= 0.3 is 0 Å². The normalized spacial score (nSPS) is 13.8. The third-order valence-electron chi connectivity index (χ3n) is 5.79. The van der Waals surface area contributed by atoms with E-state index in [4.69, 9.17) is 20.9 Å². The number of ether oxygens (including phenoxy) is 2. The summed E-state index contributed by atoms with van der Waals surface area (Å²) in [4.78, 5) is 49.9. The van der Waals surface area contributed by atoms with E-state index in [1.807, 2.05) is 0 Å². The molecule has 0 unspecified atom stereocenters. The van der Waals surface area contributed by atoms with Crippen molar-refractivity contribution in [1.29, 1.82) is 0 Å². The largest absolute Gasteiger partial charge is 0.508 e. The molecule has 12 nitrogen and oxygen atoms in total. The number of benzene rings is 2. The molecule has 0 saturated heterocycles. The molecule has 12 heteroatoms. The molecule has 0 bridgehead atoms. The minimum atomic E-state index is -1.10. The molecule has 0 aliphatic heterocycles. The van der Waals surface area contributed by atoms with Gasteiger partial charge < -0.3 is 42.0 Å². The molecule has 4 atom stereocenters. The fourth-order valence-corrected chi connectivity index (χ4v) is 3.50. The first kappa shape index (κ1) is 29.9. The van der Waals surface area contributed by atoms with Crippen LogP contribution in [0.15, 0.2) is 42.5 Å². The van der Waals surface area contributed by atoms with Gasteiger partial charge in [-0.2, -0.15) is 0 Å². The lowest BCUT2D eigenvalue weighted by Crippen LogP contribution is -2.57. The lowest BCUT2D eigenvalue weighted by molar-refractivity contribution is -0.133. The highest BCUT2D eigenvalue weighted by Gasteiger charge is 2.28. The second kappa shape index (κ2) is 13.8. The molecule has 2 rings (SSSR count). The molecular weight excluding hydrogens is 494 g/mol. The van der Waals surface area contributed by atoms with E-state index in [-0.39, 0.29) is 18.6 Å². The SMILES string of the molecule is COc1ccc(C[C@H](NC(=O)[C@@H](C)NC(=O)[C@@H](N)Cc2ccc(O)cc2)C(=O)N[C@@H](C)C(N)=O)cc1OC. The number of carbonyl (C=O) groups is 4. The van der Waals surface area contributed by atoms with E-state index in [0.717, 1.165) is 5.56 Å². The van der Waals surface area contributed by atoms with Crippen LogP contribution in [0.3, 0.4) is 0 Å². The molecule has 0 spiro atoms. The Labute approximate surface area is 221 Å². The number of nitrogens with one attached hydrogen (secondary N) is 3. The summed E-state index contributed by atoms with van der Waals surface area (Å²) >= 11 is 0. The minimum Gasteiger partial charge on any atom is -0.508 e. The van der Waals surface area contributed by atoms with Crippen LogP contribution >= 0.6 is 0 Å². The minimum absolute atomic E-state index is 0.0461. The Morgan fingerprint density at radius 1 is 0.789 bits per heavy atom. The van der Waals surface area contributed by atoms with Gasteiger partial charge in [-0.3, -0.25) is 19.2 Å². The number of nitrogens with two attached hydrogens (primary N) is 2. The van der Waals surface area contributed by atoms with Crippen LogP contribution in [0.5, 0.6) is 17.2 Å². The lowest BCUT2D eigenvalue weighted by atomic mass is 10.0. The van der Waals surface area contributed by atoms with Crippen molar-refractivity contribution in [2.24, 2.45) is 11.5 Å². The van der Waals surface area contributed by atoms with Crippen LogP contribution in [0, 0.1) is 0 Å². The fourth-order valence-electron chi connectivity index (χ4n) is 3.50. The molecule has 38 heavy (non-hydrogen) atoms. The van der Waals surface area contributed by atoms with Crippen molar-refractivity contribution >= 4 is 23.6 Å². The topological polar surface area (TPSA) is 195 Å². The monoisotopic (exact) mass is 529 g/mol. The Kier molecular flexibility index (Phi) is 10.9. The van der Waals surface area contributed by atoms with Crippen molar-refractivity contribution < 1.29 is 33.8 Å². The number of phenols is 1. The van der Waals surface area contributed by atoms with Crippen molar-refractivity contribution in [3.05, 3.63) is 53.6 Å². The standard InChI is InChI=1S/C26H35N5O7/c1-14(23(28)33)29-26(36)20(12-17-7-10-21(37-3)22(13-17)38-4)31-24(34)15(2)30-25(35)19(27)11-16-5-8-18(32)9-6-16/h5-10,13-15,19-20,32H,11-12,27H2,1-4H3,(H2,28,33)(H,29,36)(H,30,35)(H,31,34)/t14-,15+,19-,20-/m0/s1. The van der Waals surface area contributed by atoms with Crippen molar-refractivity contribution in [1.82, 2.24) is 16.0 Å². The summed E-state index contributed by atoms with van der Waals surface area (Å²) in [7, 11) is 2.96. The van der Waals surface area contributed by atoms with Gasteiger partial charge in [0.2, 0.25) is 23.6 Å². The van der Waals surface area contributed by atoms with Gasteiger partial charge in [0.25, 0.3) is 0 Å². The zero-order valence-corrected chi connectivity index (χ0v) is 21.8. The van der Waals surface area contributed by atoms with Crippen LogP contribution < -0.4 is 36.9 Å². The summed E-state index contributed by atoms with van der Waals surface area (Å²) in [5, 5.41) is 17.0. The van der Waals surface area contributed by atoms with Crippen molar-refractivity contribution in [3.8, 4) is 17.2 Å². The van der Waals surface area contributed by atoms with Crippen LogP contribution in [-0.2, 0) is 32.0 Å². The molecule has 0 fully saturated rings. The maximum absolute atomic E-state index is 12.9. The molecule has 2 aromatic carbocycles. The van der Waals surface area contributed by atoms with Crippen molar-refractivity contribution in [2.75, 3.05) is 14.2 Å². The van der Waals surface area contributed by atoms with Crippen molar-refractivity contribution in [2.45, 2.75) is 50.9 Å². The Balaban J connectivity index is 2.11. The zero-order valence-electron chi connectivity index (χ0n) is 21.8. The van der Waals surface area contributed by atoms with Gasteiger partial charge in [0.05, 0.1) is 20.3 Å². The third-order valence-corrected chi connectivity index (χ3v) is 5.79. The molecule has 0 saturated carbocycles. The first-order valence-corrected chi connectivity index (χ1v) is 11.9. The molecule has 206 valence electrons. The summed E-state index contributed by atoms with van der Waals surface area (Å²) in [6, 6.07) is 7.24. The number of primary amides is 1. The number of hydrogen-bond acceptors (Lipinski definition) is 8. The van der Waals surface area contributed by atoms with Crippen LogP contribution in [0.25, 0.3) is 0 Å². The van der Waals surface area contributed by atoms with E-state index in [1.165, 1.54) is 40.2 Å². The van der Waals surface area contributed by atoms with E-state index >= 15 is 0 Å². The number of carbonyl (C=O) groups excluding carboxylic acids is 4. The Morgan fingerprint density at radius 2 is 1.37 bits per heavy atom. The van der Waals surface area contributed by atoms with Gasteiger partial charge in [-0.25, -0.2) is 0 Å². The van der Waals surface area contributed by atoms with Gasteiger partial charge in [-0.1, -0.05) is 18.2 Å². The molecule has 0 aliphatic rings. The second-order valence-electron chi connectivity index (χ2n) is 8.79. The fraction of sp³-hybridized carbons (Fsp3) is 0.385. The predicted octanol–water partition coefficient (Wildman–Crippen LogP) is -0.499. The summed E-state index contributed by atoms with van der Waals surface area (Å²) in [5.41, 5.74) is 12.6. The molecular formula is C26H35N5O7. The number of rotatable bonds is 13. The smallest absolute Gasteiger partial charge is 0.243 e. The van der Waals surface area contributed by atoms with E-state index in [0.29, 0.717) is 17.1 Å². The number of aromatic hydroxyl groups is 1. The molecule has 8 N–H and O–H groups in total. The maximum atomic E-state index is 12.9. The van der Waals surface area contributed by atoms with E-state index in [2.05, 4.69) is 16.0 Å². The number of phenolic OH excluding ortho intramolecular Hbond substituents is 1.